The van der Waals surface area contributed by atoms with Gasteiger partial charge in [-0.1, -0.05) is 49.4 Å². The van der Waals surface area contributed by atoms with E-state index in [9.17, 15) is 4.79 Å². The summed E-state index contributed by atoms with van der Waals surface area (Å²) in [5, 5.41) is 0. The van der Waals surface area contributed by atoms with Crippen molar-refractivity contribution in [3.05, 3.63) is 89.4 Å². The van der Waals surface area contributed by atoms with Crippen molar-refractivity contribution in [2.45, 2.75) is 46.3 Å². The standard InChI is InChI=1S/C27H29N3O3/c1-4-9-23-29-24-19(3)16-17-28-26(24)30(23)18-20-12-14-22(15-13-20)33-25(27(31)32-5-2)21-10-7-6-8-11-21/h6-8,10-17,25H,4-5,9,18H2,1-3H3. The quantitative estimate of drug-likeness (QED) is 0.323. The number of pyridine rings is 1. The van der Waals surface area contributed by atoms with Gasteiger partial charge >= 0.3 is 5.97 Å². The fraction of sp³-hybridized carbons (Fsp3) is 0.296. The summed E-state index contributed by atoms with van der Waals surface area (Å²) < 4.78 is 13.5. The van der Waals surface area contributed by atoms with Crippen LogP contribution in [0.1, 0.15) is 48.9 Å². The van der Waals surface area contributed by atoms with Gasteiger partial charge in [0.15, 0.2) is 5.65 Å². The van der Waals surface area contributed by atoms with Gasteiger partial charge in [0, 0.05) is 18.2 Å². The van der Waals surface area contributed by atoms with Gasteiger partial charge in [-0.05, 0) is 49.6 Å². The molecule has 2 aromatic heterocycles. The second-order valence-corrected chi connectivity index (χ2v) is 7.97. The first-order valence-corrected chi connectivity index (χ1v) is 11.4. The molecular formula is C27H29N3O3. The van der Waals surface area contributed by atoms with Gasteiger partial charge in [-0.2, -0.15) is 0 Å². The zero-order chi connectivity index (χ0) is 23.2. The number of hydrogen-bond acceptors (Lipinski definition) is 5. The maximum absolute atomic E-state index is 12.5. The molecular weight excluding hydrogens is 414 g/mol. The molecule has 0 aliphatic carbocycles. The molecule has 6 nitrogen and oxygen atoms in total. The highest BCUT2D eigenvalue weighted by atomic mass is 16.6. The van der Waals surface area contributed by atoms with Crippen molar-refractivity contribution in [3.63, 3.8) is 0 Å². The molecule has 0 radical (unpaired) electrons. The lowest BCUT2D eigenvalue weighted by Crippen LogP contribution is -2.21. The Hall–Kier alpha value is -3.67. The molecule has 0 fully saturated rings. The van der Waals surface area contributed by atoms with Crippen LogP contribution < -0.4 is 4.74 Å². The Balaban J connectivity index is 1.57. The van der Waals surface area contributed by atoms with Crippen molar-refractivity contribution >= 4 is 17.1 Å². The minimum Gasteiger partial charge on any atom is -0.474 e. The number of rotatable bonds is 9. The fourth-order valence-corrected chi connectivity index (χ4v) is 3.85. The summed E-state index contributed by atoms with van der Waals surface area (Å²) in [4.78, 5) is 22.0. The lowest BCUT2D eigenvalue weighted by atomic mass is 10.1. The van der Waals surface area contributed by atoms with E-state index in [0.29, 0.717) is 18.9 Å². The molecule has 0 amide bonds. The first-order chi connectivity index (χ1) is 16.1. The molecule has 2 heterocycles. The monoisotopic (exact) mass is 443 g/mol. The van der Waals surface area contributed by atoms with Crippen LogP contribution in [-0.2, 0) is 22.5 Å². The van der Waals surface area contributed by atoms with E-state index in [2.05, 4.69) is 23.4 Å². The highest BCUT2D eigenvalue weighted by Gasteiger charge is 2.24. The second kappa shape index (κ2) is 10.3. The van der Waals surface area contributed by atoms with Gasteiger partial charge in [-0.25, -0.2) is 14.8 Å². The number of aryl methyl sites for hydroxylation is 2. The molecule has 0 aliphatic heterocycles. The van der Waals surface area contributed by atoms with Crippen molar-refractivity contribution in [2.24, 2.45) is 0 Å². The lowest BCUT2D eigenvalue weighted by molar-refractivity contribution is -0.151. The van der Waals surface area contributed by atoms with E-state index in [-0.39, 0.29) is 0 Å². The predicted molar refractivity (Wildman–Crippen MR) is 128 cm³/mol. The minimum absolute atomic E-state index is 0.303. The molecule has 4 rings (SSSR count). The third kappa shape index (κ3) is 5.06. The third-order valence-electron chi connectivity index (χ3n) is 5.51. The van der Waals surface area contributed by atoms with Gasteiger partial charge in [0.2, 0.25) is 6.10 Å². The Morgan fingerprint density at radius 2 is 1.79 bits per heavy atom. The Morgan fingerprint density at radius 1 is 1.03 bits per heavy atom. The highest BCUT2D eigenvalue weighted by molar-refractivity contribution is 5.77. The maximum atomic E-state index is 12.5. The van der Waals surface area contributed by atoms with E-state index in [1.807, 2.05) is 66.9 Å². The van der Waals surface area contributed by atoms with Gasteiger partial charge in [0.25, 0.3) is 0 Å². The normalized spacial score (nSPS) is 12.0. The number of aromatic nitrogens is 3. The molecule has 0 spiro atoms. The maximum Gasteiger partial charge on any atom is 0.352 e. The van der Waals surface area contributed by atoms with Crippen LogP contribution in [0.2, 0.25) is 0 Å². The van der Waals surface area contributed by atoms with Gasteiger partial charge < -0.3 is 14.0 Å². The Labute approximate surface area is 194 Å². The molecule has 1 atom stereocenters. The zero-order valence-corrected chi connectivity index (χ0v) is 19.3. The van der Waals surface area contributed by atoms with E-state index >= 15 is 0 Å². The molecule has 0 saturated carbocycles. The SMILES string of the molecule is CCCc1nc2c(C)ccnc2n1Cc1ccc(OC(C(=O)OCC)c2ccccc2)cc1. The van der Waals surface area contributed by atoms with Crippen molar-refractivity contribution in [1.29, 1.82) is 0 Å². The number of nitrogens with zero attached hydrogens (tertiary/aromatic N) is 3. The van der Waals surface area contributed by atoms with Crippen LogP contribution in [0.15, 0.2) is 66.9 Å². The molecule has 6 heteroatoms. The topological polar surface area (TPSA) is 66.2 Å². The molecule has 4 aromatic rings. The van der Waals surface area contributed by atoms with Crippen LogP contribution in [0.25, 0.3) is 11.2 Å². The Kier molecular flexibility index (Phi) is 7.03. The second-order valence-electron chi connectivity index (χ2n) is 7.97. The molecule has 0 aliphatic rings. The molecule has 0 bridgehead atoms. The van der Waals surface area contributed by atoms with Crippen molar-refractivity contribution in [1.82, 2.24) is 14.5 Å². The summed E-state index contributed by atoms with van der Waals surface area (Å²) >= 11 is 0. The Bertz CT molecular complexity index is 1220. The summed E-state index contributed by atoms with van der Waals surface area (Å²) in [6.07, 6.45) is 2.94. The molecule has 33 heavy (non-hydrogen) atoms. The minimum atomic E-state index is -0.807. The van der Waals surface area contributed by atoms with Crippen LogP contribution in [0.4, 0.5) is 0 Å². The number of imidazole rings is 1. The van der Waals surface area contributed by atoms with Gasteiger partial charge in [0.05, 0.1) is 13.2 Å². The number of esters is 1. The van der Waals surface area contributed by atoms with Crippen LogP contribution in [0.5, 0.6) is 5.75 Å². The summed E-state index contributed by atoms with van der Waals surface area (Å²) in [5.41, 5.74) is 4.86. The molecule has 0 saturated heterocycles. The van der Waals surface area contributed by atoms with E-state index in [0.717, 1.165) is 46.5 Å². The Morgan fingerprint density at radius 3 is 2.48 bits per heavy atom. The zero-order valence-electron chi connectivity index (χ0n) is 19.3. The number of fused-ring (bicyclic) bond motifs is 1. The summed E-state index contributed by atoms with van der Waals surface area (Å²) in [6, 6.07) is 19.2. The van der Waals surface area contributed by atoms with Crippen LogP contribution in [0.3, 0.4) is 0 Å². The van der Waals surface area contributed by atoms with Crippen LogP contribution in [-0.4, -0.2) is 27.1 Å². The largest absolute Gasteiger partial charge is 0.474 e. The lowest BCUT2D eigenvalue weighted by Gasteiger charge is -2.18. The summed E-state index contributed by atoms with van der Waals surface area (Å²) in [5.74, 6) is 1.25. The molecule has 1 unspecified atom stereocenters. The molecule has 170 valence electrons. The first kappa shape index (κ1) is 22.5. The number of carbonyl (C=O) groups excluding carboxylic acids is 1. The number of hydrogen-bond donors (Lipinski definition) is 0. The van der Waals surface area contributed by atoms with E-state index in [4.69, 9.17) is 14.5 Å². The first-order valence-electron chi connectivity index (χ1n) is 11.4. The van der Waals surface area contributed by atoms with Crippen LogP contribution in [0, 0.1) is 6.92 Å². The van der Waals surface area contributed by atoms with E-state index < -0.39 is 12.1 Å². The molecule has 0 N–H and O–H groups in total. The van der Waals surface area contributed by atoms with Gasteiger partial charge in [-0.3, -0.25) is 0 Å². The van der Waals surface area contributed by atoms with Crippen molar-refractivity contribution in [2.75, 3.05) is 6.61 Å². The van der Waals surface area contributed by atoms with Crippen molar-refractivity contribution in [3.8, 4) is 5.75 Å². The fourth-order valence-electron chi connectivity index (χ4n) is 3.85. The highest BCUT2D eigenvalue weighted by Crippen LogP contribution is 2.25. The predicted octanol–water partition coefficient (Wildman–Crippen LogP) is 5.42. The number of ether oxygens (including phenoxy) is 2. The van der Waals surface area contributed by atoms with Gasteiger partial charge in [-0.15, -0.1) is 0 Å². The summed E-state index contributed by atoms with van der Waals surface area (Å²) in [6.45, 7) is 6.98. The molecule has 2 aromatic carbocycles. The van der Waals surface area contributed by atoms with Crippen LogP contribution >= 0.6 is 0 Å². The number of benzene rings is 2. The van der Waals surface area contributed by atoms with E-state index in [1.165, 1.54) is 0 Å². The van der Waals surface area contributed by atoms with Gasteiger partial charge in [0.1, 0.15) is 17.1 Å². The average Bonchev–Trinajstić information content (AvgIpc) is 3.18. The average molecular weight is 444 g/mol. The smallest absolute Gasteiger partial charge is 0.352 e. The number of carbonyl (C=O) groups is 1. The van der Waals surface area contributed by atoms with Crippen molar-refractivity contribution < 1.29 is 14.3 Å². The summed E-state index contributed by atoms with van der Waals surface area (Å²) in [7, 11) is 0. The van der Waals surface area contributed by atoms with E-state index in [1.54, 1.807) is 6.92 Å². The third-order valence-corrected chi connectivity index (χ3v) is 5.51.